The van der Waals surface area contributed by atoms with Gasteiger partial charge in [-0.15, -0.1) is 11.3 Å². The molecule has 0 unspecified atom stereocenters. The van der Waals surface area contributed by atoms with Crippen molar-refractivity contribution in [3.63, 3.8) is 0 Å². The first-order chi connectivity index (χ1) is 12.7. The Morgan fingerprint density at radius 3 is 2.44 bits per heavy atom. The molecule has 3 N–H and O–H groups in total. The summed E-state index contributed by atoms with van der Waals surface area (Å²) in [6.45, 7) is -0.443. The summed E-state index contributed by atoms with van der Waals surface area (Å²) in [5.74, 6) is -5.22. The lowest BCUT2D eigenvalue weighted by molar-refractivity contribution is 0.0699. The first kappa shape index (κ1) is 19.5. The standard InChI is InChI=1S/C17H9BrClF2NO4S/c18-8-1-2-9(19)12-7(14(17(24)25)27-15(8)12)5-26-13-10(20)3-6(16(22)23)4-11(13)21/h1-4H,5H2,(H2,22,23)(H,24,25). The first-order valence-corrected chi connectivity index (χ1v) is 9.23. The predicted molar refractivity (Wildman–Crippen MR) is 101 cm³/mol. The van der Waals surface area contributed by atoms with Crippen molar-refractivity contribution in [1.29, 1.82) is 0 Å². The molecular weight excluding hydrogens is 468 g/mol. The molecule has 2 aromatic carbocycles. The predicted octanol–water partition coefficient (Wildman–Crippen LogP) is 4.97. The highest BCUT2D eigenvalue weighted by Gasteiger charge is 2.23. The molecule has 0 aliphatic heterocycles. The second kappa shape index (κ2) is 7.41. The molecule has 3 rings (SSSR count). The van der Waals surface area contributed by atoms with Gasteiger partial charge in [0.1, 0.15) is 11.5 Å². The smallest absolute Gasteiger partial charge is 0.346 e. The molecule has 0 radical (unpaired) electrons. The van der Waals surface area contributed by atoms with Crippen LogP contribution in [0.1, 0.15) is 25.6 Å². The maximum Gasteiger partial charge on any atom is 0.346 e. The van der Waals surface area contributed by atoms with E-state index in [0.717, 1.165) is 23.5 Å². The summed E-state index contributed by atoms with van der Waals surface area (Å²) in [6, 6.07) is 4.72. The van der Waals surface area contributed by atoms with E-state index in [4.69, 9.17) is 22.1 Å². The van der Waals surface area contributed by atoms with Crippen LogP contribution in [-0.4, -0.2) is 17.0 Å². The van der Waals surface area contributed by atoms with Crippen LogP contribution < -0.4 is 10.5 Å². The van der Waals surface area contributed by atoms with Crippen molar-refractivity contribution in [1.82, 2.24) is 0 Å². The minimum Gasteiger partial charge on any atom is -0.483 e. The largest absolute Gasteiger partial charge is 0.483 e. The molecule has 140 valence electrons. The van der Waals surface area contributed by atoms with E-state index in [1.807, 2.05) is 0 Å². The van der Waals surface area contributed by atoms with E-state index >= 15 is 0 Å². The summed E-state index contributed by atoms with van der Waals surface area (Å²) < 4.78 is 34.6. The minimum atomic E-state index is -1.22. The zero-order valence-corrected chi connectivity index (χ0v) is 16.3. The molecule has 1 aromatic heterocycles. The number of hydrogen-bond acceptors (Lipinski definition) is 4. The molecule has 0 aliphatic rings. The highest BCUT2D eigenvalue weighted by molar-refractivity contribution is 9.10. The van der Waals surface area contributed by atoms with E-state index in [-0.39, 0.29) is 21.0 Å². The van der Waals surface area contributed by atoms with Crippen LogP contribution in [0.15, 0.2) is 28.7 Å². The summed E-state index contributed by atoms with van der Waals surface area (Å²) in [5.41, 5.74) is 4.84. The molecule has 3 aromatic rings. The maximum absolute atomic E-state index is 14.1. The number of carboxylic acids is 1. The molecule has 1 amide bonds. The molecule has 0 atom stereocenters. The number of nitrogens with two attached hydrogens (primary N) is 1. The van der Waals surface area contributed by atoms with Gasteiger partial charge in [0.05, 0.1) is 4.70 Å². The van der Waals surface area contributed by atoms with Crippen LogP contribution in [0.5, 0.6) is 5.75 Å². The molecular formula is C17H9BrClF2NO4S. The minimum absolute atomic E-state index is 0.0617. The van der Waals surface area contributed by atoms with Gasteiger partial charge < -0.3 is 15.6 Å². The number of amides is 1. The molecule has 1 heterocycles. The van der Waals surface area contributed by atoms with Gasteiger partial charge in [-0.3, -0.25) is 4.79 Å². The van der Waals surface area contributed by atoms with E-state index in [0.29, 0.717) is 14.6 Å². The Balaban J connectivity index is 2.06. The fourth-order valence-electron chi connectivity index (χ4n) is 2.49. The number of primary amides is 1. The van der Waals surface area contributed by atoms with E-state index in [2.05, 4.69) is 15.9 Å². The number of hydrogen-bond donors (Lipinski definition) is 2. The van der Waals surface area contributed by atoms with Gasteiger partial charge in [-0.05, 0) is 40.2 Å². The molecule has 0 fully saturated rings. The molecule has 0 aliphatic carbocycles. The van der Waals surface area contributed by atoms with E-state index < -0.39 is 35.9 Å². The van der Waals surface area contributed by atoms with Crippen LogP contribution in [0.2, 0.25) is 5.02 Å². The number of ether oxygens (including phenoxy) is 1. The highest BCUT2D eigenvalue weighted by Crippen LogP contribution is 2.41. The van der Waals surface area contributed by atoms with E-state index in [1.165, 1.54) is 0 Å². The number of carbonyl (C=O) groups excluding carboxylic acids is 1. The van der Waals surface area contributed by atoms with Crippen molar-refractivity contribution in [3.8, 4) is 5.75 Å². The lowest BCUT2D eigenvalue weighted by Gasteiger charge is -2.10. The third-order valence-corrected chi connectivity index (χ3v) is 6.17. The van der Waals surface area contributed by atoms with Crippen molar-refractivity contribution in [2.45, 2.75) is 6.61 Å². The Kier molecular flexibility index (Phi) is 5.36. The Morgan fingerprint density at radius 2 is 1.89 bits per heavy atom. The molecule has 5 nitrogen and oxygen atoms in total. The molecule has 0 spiro atoms. The highest BCUT2D eigenvalue weighted by atomic mass is 79.9. The molecule has 10 heteroatoms. The van der Waals surface area contributed by atoms with Gasteiger partial charge in [0.15, 0.2) is 17.4 Å². The van der Waals surface area contributed by atoms with E-state index in [9.17, 15) is 23.5 Å². The van der Waals surface area contributed by atoms with Gasteiger partial charge in [-0.2, -0.15) is 0 Å². The lowest BCUT2D eigenvalue weighted by Crippen LogP contribution is -2.12. The normalized spacial score (nSPS) is 11.0. The number of halogens is 4. The number of carboxylic acid groups (broad SMARTS) is 1. The third-order valence-electron chi connectivity index (χ3n) is 3.68. The van der Waals surface area contributed by atoms with Crippen LogP contribution >= 0.6 is 38.9 Å². The lowest BCUT2D eigenvalue weighted by atomic mass is 10.1. The van der Waals surface area contributed by atoms with Crippen molar-refractivity contribution >= 4 is 60.8 Å². The summed E-state index contributed by atoms with van der Waals surface area (Å²) >= 11 is 10.5. The Bertz CT molecular complexity index is 1080. The second-order valence-electron chi connectivity index (χ2n) is 5.37. The van der Waals surface area contributed by atoms with Gasteiger partial charge in [0, 0.05) is 26.0 Å². The Morgan fingerprint density at radius 1 is 1.26 bits per heavy atom. The summed E-state index contributed by atoms with van der Waals surface area (Å²) in [7, 11) is 0. The number of carbonyl (C=O) groups is 2. The van der Waals surface area contributed by atoms with Crippen LogP contribution in [0.25, 0.3) is 10.1 Å². The average molecular weight is 477 g/mol. The number of thiophene rings is 1. The zero-order valence-electron chi connectivity index (χ0n) is 13.2. The van der Waals surface area contributed by atoms with Crippen LogP contribution in [0.4, 0.5) is 8.78 Å². The Labute approximate surface area is 168 Å². The van der Waals surface area contributed by atoms with Crippen molar-refractivity contribution < 1.29 is 28.2 Å². The van der Waals surface area contributed by atoms with Crippen LogP contribution in [-0.2, 0) is 6.61 Å². The van der Waals surface area contributed by atoms with Crippen molar-refractivity contribution in [3.05, 3.63) is 61.4 Å². The number of fused-ring (bicyclic) bond motifs is 1. The molecule has 0 bridgehead atoms. The fourth-order valence-corrected chi connectivity index (χ4v) is 4.46. The van der Waals surface area contributed by atoms with Gasteiger partial charge in [-0.1, -0.05) is 11.6 Å². The van der Waals surface area contributed by atoms with E-state index in [1.54, 1.807) is 12.1 Å². The van der Waals surface area contributed by atoms with Crippen molar-refractivity contribution in [2.75, 3.05) is 0 Å². The number of rotatable bonds is 5. The first-order valence-electron chi connectivity index (χ1n) is 7.25. The van der Waals surface area contributed by atoms with Crippen LogP contribution in [0.3, 0.4) is 0 Å². The average Bonchev–Trinajstić information content (AvgIpc) is 2.98. The SMILES string of the molecule is NC(=O)c1cc(F)c(OCc2c(C(=O)O)sc3c(Br)ccc(Cl)c23)c(F)c1. The quantitative estimate of drug-likeness (QED) is 0.544. The Hall–Kier alpha value is -2.23. The van der Waals surface area contributed by atoms with Gasteiger partial charge in [0.2, 0.25) is 5.91 Å². The zero-order chi connectivity index (χ0) is 19.9. The second-order valence-corrected chi connectivity index (χ2v) is 7.65. The van der Waals surface area contributed by atoms with Gasteiger partial charge in [-0.25, -0.2) is 13.6 Å². The fraction of sp³-hybridized carbons (Fsp3) is 0.0588. The maximum atomic E-state index is 14.1. The van der Waals surface area contributed by atoms with Gasteiger partial charge >= 0.3 is 5.97 Å². The molecule has 27 heavy (non-hydrogen) atoms. The van der Waals surface area contributed by atoms with Gasteiger partial charge in [0.25, 0.3) is 0 Å². The molecule has 0 saturated heterocycles. The third kappa shape index (κ3) is 3.62. The summed E-state index contributed by atoms with van der Waals surface area (Å²) in [6.07, 6.45) is 0. The monoisotopic (exact) mass is 475 g/mol. The number of aromatic carboxylic acids is 1. The summed E-state index contributed by atoms with van der Waals surface area (Å²) in [4.78, 5) is 22.6. The summed E-state index contributed by atoms with van der Waals surface area (Å²) in [5, 5.41) is 10.1. The molecule has 0 saturated carbocycles. The topological polar surface area (TPSA) is 89.6 Å². The van der Waals surface area contributed by atoms with Crippen LogP contribution in [0, 0.1) is 11.6 Å². The number of benzene rings is 2. The van der Waals surface area contributed by atoms with Crippen molar-refractivity contribution in [2.24, 2.45) is 5.73 Å².